The summed E-state index contributed by atoms with van der Waals surface area (Å²) >= 11 is 0. The lowest BCUT2D eigenvalue weighted by molar-refractivity contribution is -0.134. The number of carbonyl (C=O) groups is 2. The maximum Gasteiger partial charge on any atom is 0.227 e. The van der Waals surface area contributed by atoms with E-state index in [0.717, 1.165) is 36.9 Å². The van der Waals surface area contributed by atoms with Gasteiger partial charge >= 0.3 is 0 Å². The summed E-state index contributed by atoms with van der Waals surface area (Å²) in [6.07, 6.45) is 3.97. The second-order valence-electron chi connectivity index (χ2n) is 8.30. The molecule has 136 valence electrons. The van der Waals surface area contributed by atoms with Crippen molar-refractivity contribution in [2.45, 2.75) is 46.1 Å². The van der Waals surface area contributed by atoms with Gasteiger partial charge in [0.2, 0.25) is 11.8 Å². The van der Waals surface area contributed by atoms with Gasteiger partial charge in [-0.05, 0) is 55.3 Å². The van der Waals surface area contributed by atoms with Crippen molar-refractivity contribution >= 4 is 17.5 Å². The van der Waals surface area contributed by atoms with Crippen molar-refractivity contribution in [3.8, 4) is 0 Å². The van der Waals surface area contributed by atoms with Gasteiger partial charge in [-0.15, -0.1) is 0 Å². The number of rotatable bonds is 8. The molecule has 25 heavy (non-hydrogen) atoms. The molecule has 0 heterocycles. The lowest BCUT2D eigenvalue weighted by atomic mass is 9.92. The molecular formula is C20H29N3O2. The minimum absolute atomic E-state index is 0.104. The van der Waals surface area contributed by atoms with E-state index in [1.165, 1.54) is 0 Å². The molecule has 2 saturated carbocycles. The van der Waals surface area contributed by atoms with Crippen LogP contribution in [0.4, 0.5) is 5.69 Å². The second kappa shape index (κ2) is 7.16. The van der Waals surface area contributed by atoms with Crippen LogP contribution in [0.15, 0.2) is 24.3 Å². The molecule has 0 unspecified atom stereocenters. The topological polar surface area (TPSA) is 75.4 Å². The van der Waals surface area contributed by atoms with E-state index in [1.54, 1.807) is 0 Å². The molecule has 2 aliphatic rings. The number of nitrogens with one attached hydrogen (secondary N) is 1. The van der Waals surface area contributed by atoms with Crippen LogP contribution >= 0.6 is 0 Å². The van der Waals surface area contributed by atoms with E-state index < -0.39 is 0 Å². The Morgan fingerprint density at radius 1 is 1.20 bits per heavy atom. The normalized spacial score (nSPS) is 17.2. The Kier molecular flexibility index (Phi) is 5.13. The summed E-state index contributed by atoms with van der Waals surface area (Å²) in [4.78, 5) is 26.6. The maximum absolute atomic E-state index is 12.7. The molecule has 2 fully saturated rings. The van der Waals surface area contributed by atoms with Gasteiger partial charge in [-0.25, -0.2) is 0 Å². The molecule has 0 atom stereocenters. The predicted molar refractivity (Wildman–Crippen MR) is 98.8 cm³/mol. The molecule has 3 rings (SSSR count). The fraction of sp³-hybridized carbons (Fsp3) is 0.600. The highest BCUT2D eigenvalue weighted by Crippen LogP contribution is 2.33. The molecule has 1 aromatic rings. The standard InChI is InChI=1S/C20H29N3O2/c1-20(2,12-21)13-23(19(25)16-8-9-16)11-14-4-3-5-17(10-14)22-18(24)15-6-7-15/h3-5,10,15-16H,6-9,11-13,21H2,1-2H3,(H,22,24). The largest absolute Gasteiger partial charge is 0.338 e. The quantitative estimate of drug-likeness (QED) is 0.762. The molecule has 0 aliphatic heterocycles. The maximum atomic E-state index is 12.7. The van der Waals surface area contributed by atoms with Gasteiger partial charge in [0.1, 0.15) is 0 Å². The fourth-order valence-corrected chi connectivity index (χ4v) is 2.94. The first kappa shape index (κ1) is 17.9. The first-order chi connectivity index (χ1) is 11.9. The highest BCUT2D eigenvalue weighted by Gasteiger charge is 2.35. The summed E-state index contributed by atoms with van der Waals surface area (Å²) in [6, 6.07) is 7.82. The number of nitrogens with zero attached hydrogens (tertiary/aromatic N) is 1. The molecule has 0 bridgehead atoms. The van der Waals surface area contributed by atoms with E-state index in [9.17, 15) is 9.59 Å². The van der Waals surface area contributed by atoms with Crippen LogP contribution in [0.1, 0.15) is 45.1 Å². The highest BCUT2D eigenvalue weighted by molar-refractivity contribution is 5.94. The predicted octanol–water partition coefficient (Wildman–Crippen LogP) is 2.76. The smallest absolute Gasteiger partial charge is 0.227 e. The zero-order valence-corrected chi connectivity index (χ0v) is 15.3. The van der Waals surface area contributed by atoms with Gasteiger partial charge in [-0.3, -0.25) is 9.59 Å². The first-order valence-corrected chi connectivity index (χ1v) is 9.26. The van der Waals surface area contributed by atoms with E-state index in [4.69, 9.17) is 5.73 Å². The lowest BCUT2D eigenvalue weighted by Crippen LogP contribution is -2.42. The van der Waals surface area contributed by atoms with Crippen LogP contribution in [0.2, 0.25) is 0 Å². The van der Waals surface area contributed by atoms with Gasteiger partial charge in [0.15, 0.2) is 0 Å². The summed E-state index contributed by atoms with van der Waals surface area (Å²) in [5, 5.41) is 2.98. The van der Waals surface area contributed by atoms with Crippen LogP contribution in [0, 0.1) is 17.3 Å². The number of carbonyl (C=O) groups excluding carboxylic acids is 2. The number of hydrogen-bond acceptors (Lipinski definition) is 3. The van der Waals surface area contributed by atoms with E-state index >= 15 is 0 Å². The van der Waals surface area contributed by atoms with Crippen LogP contribution in [0.5, 0.6) is 0 Å². The van der Waals surface area contributed by atoms with Crippen molar-refractivity contribution in [2.75, 3.05) is 18.4 Å². The number of hydrogen-bond donors (Lipinski definition) is 2. The van der Waals surface area contributed by atoms with Crippen LogP contribution in [-0.4, -0.2) is 29.8 Å². The molecule has 0 saturated heterocycles. The van der Waals surface area contributed by atoms with E-state index in [0.29, 0.717) is 19.6 Å². The second-order valence-corrected chi connectivity index (χ2v) is 8.30. The van der Waals surface area contributed by atoms with Crippen LogP contribution in [-0.2, 0) is 16.1 Å². The molecular weight excluding hydrogens is 314 g/mol. The van der Waals surface area contributed by atoms with Gasteiger partial charge in [0.05, 0.1) is 0 Å². The van der Waals surface area contributed by atoms with Crippen molar-refractivity contribution in [1.82, 2.24) is 4.90 Å². The van der Waals surface area contributed by atoms with E-state index in [-0.39, 0.29) is 29.1 Å². The van der Waals surface area contributed by atoms with Gasteiger partial charge in [0, 0.05) is 30.6 Å². The average Bonchev–Trinajstić information content (AvgIpc) is 3.46. The number of nitrogens with two attached hydrogens (primary N) is 1. The Labute approximate surface area is 150 Å². The number of amides is 2. The van der Waals surface area contributed by atoms with Crippen molar-refractivity contribution in [2.24, 2.45) is 23.0 Å². The zero-order valence-electron chi connectivity index (χ0n) is 15.3. The Bertz CT molecular complexity index is 648. The average molecular weight is 343 g/mol. The van der Waals surface area contributed by atoms with E-state index in [2.05, 4.69) is 19.2 Å². The van der Waals surface area contributed by atoms with Crippen LogP contribution < -0.4 is 11.1 Å². The number of anilines is 1. The summed E-state index contributed by atoms with van der Waals surface area (Å²) in [7, 11) is 0. The first-order valence-electron chi connectivity index (χ1n) is 9.26. The van der Waals surface area contributed by atoms with Crippen LogP contribution in [0.3, 0.4) is 0 Å². The summed E-state index contributed by atoms with van der Waals surface area (Å²) in [5.41, 5.74) is 7.61. The van der Waals surface area contributed by atoms with Gasteiger partial charge in [-0.1, -0.05) is 26.0 Å². The van der Waals surface area contributed by atoms with Gasteiger partial charge in [-0.2, -0.15) is 0 Å². The van der Waals surface area contributed by atoms with Crippen LogP contribution in [0.25, 0.3) is 0 Å². The zero-order chi connectivity index (χ0) is 18.0. The highest BCUT2D eigenvalue weighted by atomic mass is 16.2. The number of benzene rings is 1. The van der Waals surface area contributed by atoms with Crippen molar-refractivity contribution in [1.29, 1.82) is 0 Å². The molecule has 0 radical (unpaired) electrons. The Morgan fingerprint density at radius 2 is 1.88 bits per heavy atom. The Balaban J connectivity index is 1.69. The van der Waals surface area contributed by atoms with Crippen molar-refractivity contribution < 1.29 is 9.59 Å². The molecule has 0 aromatic heterocycles. The molecule has 2 aliphatic carbocycles. The van der Waals surface area contributed by atoms with Crippen molar-refractivity contribution in [3.05, 3.63) is 29.8 Å². The third-order valence-electron chi connectivity index (χ3n) is 4.93. The monoisotopic (exact) mass is 343 g/mol. The van der Waals surface area contributed by atoms with E-state index in [1.807, 2.05) is 29.2 Å². The molecule has 1 aromatic carbocycles. The summed E-state index contributed by atoms with van der Waals surface area (Å²) in [5.74, 6) is 0.703. The SMILES string of the molecule is CC(C)(CN)CN(Cc1cccc(NC(=O)C2CC2)c1)C(=O)C1CC1. The third kappa shape index (κ3) is 5.05. The summed E-state index contributed by atoms with van der Waals surface area (Å²) < 4.78 is 0. The van der Waals surface area contributed by atoms with Crippen molar-refractivity contribution in [3.63, 3.8) is 0 Å². The molecule has 0 spiro atoms. The molecule has 5 heteroatoms. The molecule has 5 nitrogen and oxygen atoms in total. The minimum Gasteiger partial charge on any atom is -0.338 e. The van der Waals surface area contributed by atoms with Gasteiger partial charge in [0.25, 0.3) is 0 Å². The summed E-state index contributed by atoms with van der Waals surface area (Å²) in [6.45, 7) is 5.93. The minimum atomic E-state index is -0.109. The molecule has 2 amide bonds. The van der Waals surface area contributed by atoms with Gasteiger partial charge < -0.3 is 16.0 Å². The molecule has 3 N–H and O–H groups in total. The Hall–Kier alpha value is -1.88. The lowest BCUT2D eigenvalue weighted by Gasteiger charge is -2.32. The third-order valence-corrected chi connectivity index (χ3v) is 4.93. The Morgan fingerprint density at radius 3 is 2.48 bits per heavy atom. The fourth-order valence-electron chi connectivity index (χ4n) is 2.94.